The van der Waals surface area contributed by atoms with Gasteiger partial charge in [-0.1, -0.05) is 48.9 Å². The Hall–Kier alpha value is -1.38. The first-order valence-electron chi connectivity index (χ1n) is 6.87. The van der Waals surface area contributed by atoms with E-state index in [1.165, 1.54) is 6.07 Å². The van der Waals surface area contributed by atoms with Gasteiger partial charge in [-0.3, -0.25) is 0 Å². The van der Waals surface area contributed by atoms with E-state index in [-0.39, 0.29) is 11.9 Å². The van der Waals surface area contributed by atoms with Gasteiger partial charge < -0.3 is 5.32 Å². The molecule has 0 amide bonds. The molecule has 0 aliphatic rings. The Morgan fingerprint density at radius 1 is 1.20 bits per heavy atom. The van der Waals surface area contributed by atoms with Crippen LogP contribution in [0.3, 0.4) is 0 Å². The van der Waals surface area contributed by atoms with Crippen molar-refractivity contribution >= 4 is 11.6 Å². The molecule has 0 spiro atoms. The summed E-state index contributed by atoms with van der Waals surface area (Å²) >= 11 is 6.07. The highest BCUT2D eigenvalue weighted by Gasteiger charge is 2.17. The van der Waals surface area contributed by atoms with Gasteiger partial charge in [-0.25, -0.2) is 4.39 Å². The van der Waals surface area contributed by atoms with E-state index in [2.05, 4.69) is 12.2 Å². The van der Waals surface area contributed by atoms with Gasteiger partial charge >= 0.3 is 0 Å². The molecule has 20 heavy (non-hydrogen) atoms. The molecular formula is C17H19ClFN. The Morgan fingerprint density at radius 2 is 1.95 bits per heavy atom. The summed E-state index contributed by atoms with van der Waals surface area (Å²) in [6.45, 7) is 4.89. The van der Waals surface area contributed by atoms with Gasteiger partial charge in [-0.2, -0.15) is 0 Å². The van der Waals surface area contributed by atoms with Crippen LogP contribution in [0.1, 0.15) is 36.1 Å². The first-order chi connectivity index (χ1) is 9.63. The van der Waals surface area contributed by atoms with E-state index in [1.807, 2.05) is 37.3 Å². The highest BCUT2D eigenvalue weighted by atomic mass is 35.5. The third kappa shape index (κ3) is 3.38. The lowest BCUT2D eigenvalue weighted by Crippen LogP contribution is -2.24. The second-order valence-electron chi connectivity index (χ2n) is 4.92. The van der Waals surface area contributed by atoms with Crippen molar-refractivity contribution < 1.29 is 4.39 Å². The first-order valence-corrected chi connectivity index (χ1v) is 7.25. The fraction of sp³-hybridized carbons (Fsp3) is 0.294. The predicted molar refractivity (Wildman–Crippen MR) is 82.7 cm³/mol. The quantitative estimate of drug-likeness (QED) is 0.828. The van der Waals surface area contributed by atoms with Crippen molar-refractivity contribution in [3.8, 4) is 0 Å². The van der Waals surface area contributed by atoms with Gasteiger partial charge in [0, 0.05) is 10.6 Å². The Balaban J connectivity index is 2.41. The van der Waals surface area contributed by atoms with Gasteiger partial charge in [-0.15, -0.1) is 0 Å². The number of nitrogens with one attached hydrogen (secondary N) is 1. The van der Waals surface area contributed by atoms with Crippen molar-refractivity contribution in [2.75, 3.05) is 6.54 Å². The fourth-order valence-electron chi connectivity index (χ4n) is 2.25. The smallest absolute Gasteiger partial charge is 0.128 e. The maximum Gasteiger partial charge on any atom is 0.128 e. The molecule has 1 atom stereocenters. The van der Waals surface area contributed by atoms with E-state index in [1.54, 1.807) is 6.07 Å². The third-order valence-corrected chi connectivity index (χ3v) is 3.75. The predicted octanol–water partition coefficient (Wildman–Crippen LogP) is 4.88. The highest BCUT2D eigenvalue weighted by molar-refractivity contribution is 6.31. The minimum Gasteiger partial charge on any atom is -0.306 e. The van der Waals surface area contributed by atoms with Gasteiger partial charge in [0.1, 0.15) is 5.82 Å². The number of benzene rings is 2. The summed E-state index contributed by atoms with van der Waals surface area (Å²) in [6.07, 6.45) is 0.998. The van der Waals surface area contributed by atoms with Crippen LogP contribution in [0.5, 0.6) is 0 Å². The van der Waals surface area contributed by atoms with E-state index in [0.717, 1.165) is 29.1 Å². The minimum absolute atomic E-state index is 0.146. The van der Waals surface area contributed by atoms with Crippen molar-refractivity contribution in [2.24, 2.45) is 0 Å². The maximum atomic E-state index is 14.1. The third-order valence-electron chi connectivity index (χ3n) is 3.33. The molecular weight excluding hydrogens is 273 g/mol. The average Bonchev–Trinajstić information content (AvgIpc) is 2.44. The Morgan fingerprint density at radius 3 is 2.60 bits per heavy atom. The molecule has 2 rings (SSSR count). The molecule has 1 unspecified atom stereocenters. The fourth-order valence-corrected chi connectivity index (χ4v) is 2.37. The number of hydrogen-bond donors (Lipinski definition) is 1. The molecule has 0 aliphatic carbocycles. The number of halogens is 2. The molecule has 0 bridgehead atoms. The van der Waals surface area contributed by atoms with Crippen molar-refractivity contribution in [3.63, 3.8) is 0 Å². The minimum atomic E-state index is -0.186. The van der Waals surface area contributed by atoms with Crippen molar-refractivity contribution in [1.82, 2.24) is 5.32 Å². The molecule has 0 aliphatic heterocycles. The topological polar surface area (TPSA) is 12.0 Å². The van der Waals surface area contributed by atoms with Crippen molar-refractivity contribution in [3.05, 3.63) is 70.0 Å². The van der Waals surface area contributed by atoms with Crippen LogP contribution in [0.15, 0.2) is 42.5 Å². The van der Waals surface area contributed by atoms with Crippen LogP contribution in [0.25, 0.3) is 0 Å². The van der Waals surface area contributed by atoms with Gasteiger partial charge in [-0.05, 0) is 43.1 Å². The lowest BCUT2D eigenvalue weighted by molar-refractivity contribution is 0.546. The molecule has 0 saturated carbocycles. The monoisotopic (exact) mass is 291 g/mol. The zero-order valence-corrected chi connectivity index (χ0v) is 12.5. The van der Waals surface area contributed by atoms with E-state index in [0.29, 0.717) is 5.56 Å². The molecule has 1 nitrogen and oxygen atoms in total. The summed E-state index contributed by atoms with van der Waals surface area (Å²) in [5, 5.41) is 4.14. The number of hydrogen-bond acceptors (Lipinski definition) is 1. The van der Waals surface area contributed by atoms with E-state index < -0.39 is 0 Å². The molecule has 0 heterocycles. The molecule has 0 radical (unpaired) electrons. The Kier molecular flexibility index (Phi) is 5.16. The number of rotatable bonds is 5. The Bertz CT molecular complexity index is 583. The van der Waals surface area contributed by atoms with E-state index >= 15 is 0 Å². The zero-order valence-electron chi connectivity index (χ0n) is 11.8. The van der Waals surface area contributed by atoms with Crippen molar-refractivity contribution in [1.29, 1.82) is 0 Å². The van der Waals surface area contributed by atoms with Crippen LogP contribution in [0.2, 0.25) is 5.02 Å². The summed E-state index contributed by atoms with van der Waals surface area (Å²) in [5.74, 6) is -0.186. The largest absolute Gasteiger partial charge is 0.306 e. The lowest BCUT2D eigenvalue weighted by atomic mass is 9.96. The molecule has 2 aromatic carbocycles. The standard InChI is InChI=1S/C17H19ClFN/c1-3-10-20-17(14-6-4-5-7-16(14)19)13-8-9-15(18)12(2)11-13/h4-9,11,17,20H,3,10H2,1-2H3. The molecule has 106 valence electrons. The highest BCUT2D eigenvalue weighted by Crippen LogP contribution is 2.27. The van der Waals surface area contributed by atoms with E-state index in [9.17, 15) is 4.39 Å². The zero-order chi connectivity index (χ0) is 14.5. The summed E-state index contributed by atoms with van der Waals surface area (Å²) in [6, 6.07) is 12.6. The summed E-state index contributed by atoms with van der Waals surface area (Å²) in [5.41, 5.74) is 2.71. The second kappa shape index (κ2) is 6.87. The SMILES string of the molecule is CCCNC(c1ccc(Cl)c(C)c1)c1ccccc1F. The van der Waals surface area contributed by atoms with Crippen LogP contribution >= 0.6 is 11.6 Å². The molecule has 2 aromatic rings. The second-order valence-corrected chi connectivity index (χ2v) is 5.32. The summed E-state index contributed by atoms with van der Waals surface area (Å²) in [7, 11) is 0. The molecule has 0 saturated heterocycles. The van der Waals surface area contributed by atoms with Gasteiger partial charge in [0.05, 0.1) is 6.04 Å². The average molecular weight is 292 g/mol. The van der Waals surface area contributed by atoms with Crippen LogP contribution in [-0.2, 0) is 0 Å². The summed E-state index contributed by atoms with van der Waals surface area (Å²) in [4.78, 5) is 0. The van der Waals surface area contributed by atoms with Gasteiger partial charge in [0.15, 0.2) is 0 Å². The normalized spacial score (nSPS) is 12.4. The van der Waals surface area contributed by atoms with Gasteiger partial charge in [0.25, 0.3) is 0 Å². The van der Waals surface area contributed by atoms with Gasteiger partial charge in [0.2, 0.25) is 0 Å². The van der Waals surface area contributed by atoms with Crippen LogP contribution in [0.4, 0.5) is 4.39 Å². The van der Waals surface area contributed by atoms with Crippen molar-refractivity contribution in [2.45, 2.75) is 26.3 Å². The maximum absolute atomic E-state index is 14.1. The lowest BCUT2D eigenvalue weighted by Gasteiger charge is -2.21. The first kappa shape index (κ1) is 15.0. The molecule has 3 heteroatoms. The van der Waals surface area contributed by atoms with Crippen LogP contribution in [-0.4, -0.2) is 6.54 Å². The Labute approximate surface area is 124 Å². The molecule has 1 N–H and O–H groups in total. The summed E-state index contributed by atoms with van der Waals surface area (Å²) < 4.78 is 14.1. The van der Waals surface area contributed by atoms with E-state index in [4.69, 9.17) is 11.6 Å². The number of aryl methyl sites for hydroxylation is 1. The molecule has 0 aromatic heterocycles. The molecule has 0 fully saturated rings. The van der Waals surface area contributed by atoms with Crippen LogP contribution < -0.4 is 5.32 Å². The van der Waals surface area contributed by atoms with Crippen LogP contribution in [0, 0.1) is 12.7 Å².